The SMILES string of the molecule is C#CCNC(C(=O)OCC)c1cn(C)nc1C. The Morgan fingerprint density at radius 1 is 1.76 bits per heavy atom. The van der Waals surface area contributed by atoms with Gasteiger partial charge in [-0.2, -0.15) is 5.10 Å². The van der Waals surface area contributed by atoms with Crippen LogP contribution in [0.2, 0.25) is 0 Å². The summed E-state index contributed by atoms with van der Waals surface area (Å²) in [6.45, 7) is 4.26. The van der Waals surface area contributed by atoms with Crippen molar-refractivity contribution in [1.82, 2.24) is 15.1 Å². The molecular formula is C12H17N3O2. The summed E-state index contributed by atoms with van der Waals surface area (Å²) in [4.78, 5) is 11.8. The van der Waals surface area contributed by atoms with Crippen LogP contribution in [-0.4, -0.2) is 28.9 Å². The molecule has 0 aliphatic carbocycles. The van der Waals surface area contributed by atoms with E-state index in [1.54, 1.807) is 24.9 Å². The highest BCUT2D eigenvalue weighted by atomic mass is 16.5. The molecule has 5 nitrogen and oxygen atoms in total. The first-order valence-electron chi connectivity index (χ1n) is 5.43. The van der Waals surface area contributed by atoms with Crippen LogP contribution in [0.5, 0.6) is 0 Å². The van der Waals surface area contributed by atoms with Crippen molar-refractivity contribution in [2.24, 2.45) is 7.05 Å². The highest BCUT2D eigenvalue weighted by molar-refractivity contribution is 5.78. The first kappa shape index (κ1) is 13.3. The lowest BCUT2D eigenvalue weighted by Crippen LogP contribution is -2.30. The predicted molar refractivity (Wildman–Crippen MR) is 64.2 cm³/mol. The molecule has 0 amide bonds. The van der Waals surface area contributed by atoms with E-state index < -0.39 is 6.04 Å². The van der Waals surface area contributed by atoms with Gasteiger partial charge >= 0.3 is 5.97 Å². The molecule has 1 unspecified atom stereocenters. The number of hydrogen-bond acceptors (Lipinski definition) is 4. The van der Waals surface area contributed by atoms with Crippen LogP contribution in [0.25, 0.3) is 0 Å². The summed E-state index contributed by atoms with van der Waals surface area (Å²) in [5, 5.41) is 7.16. The average molecular weight is 235 g/mol. The van der Waals surface area contributed by atoms with Gasteiger partial charge in [-0.1, -0.05) is 5.92 Å². The molecule has 0 fully saturated rings. The van der Waals surface area contributed by atoms with Crippen molar-refractivity contribution in [1.29, 1.82) is 0 Å². The molecule has 1 aromatic rings. The topological polar surface area (TPSA) is 56.1 Å². The summed E-state index contributed by atoms with van der Waals surface area (Å²) in [5.74, 6) is 2.11. The maximum Gasteiger partial charge on any atom is 0.327 e. The second-order valence-corrected chi connectivity index (χ2v) is 3.61. The first-order chi connectivity index (χ1) is 8.10. The van der Waals surface area contributed by atoms with E-state index in [-0.39, 0.29) is 5.97 Å². The van der Waals surface area contributed by atoms with Crippen LogP contribution in [0.1, 0.15) is 24.2 Å². The van der Waals surface area contributed by atoms with E-state index in [1.165, 1.54) is 0 Å². The molecular weight excluding hydrogens is 218 g/mol. The Morgan fingerprint density at radius 3 is 2.94 bits per heavy atom. The van der Waals surface area contributed by atoms with Crippen molar-refractivity contribution >= 4 is 5.97 Å². The fourth-order valence-corrected chi connectivity index (χ4v) is 1.61. The van der Waals surface area contributed by atoms with Gasteiger partial charge in [0.15, 0.2) is 0 Å². The lowest BCUT2D eigenvalue weighted by atomic mass is 10.1. The van der Waals surface area contributed by atoms with Crippen LogP contribution >= 0.6 is 0 Å². The Kier molecular flexibility index (Phi) is 4.73. The van der Waals surface area contributed by atoms with E-state index in [2.05, 4.69) is 16.3 Å². The number of rotatable bonds is 5. The highest BCUT2D eigenvalue weighted by Crippen LogP contribution is 2.17. The third kappa shape index (κ3) is 3.33. The van der Waals surface area contributed by atoms with E-state index >= 15 is 0 Å². The predicted octanol–water partition coefficient (Wildman–Crippen LogP) is 0.556. The normalized spacial score (nSPS) is 11.9. The van der Waals surface area contributed by atoms with Gasteiger partial charge in [-0.15, -0.1) is 6.42 Å². The van der Waals surface area contributed by atoms with Gasteiger partial charge in [-0.05, 0) is 13.8 Å². The van der Waals surface area contributed by atoms with Gasteiger partial charge in [0.1, 0.15) is 6.04 Å². The minimum atomic E-state index is -0.556. The van der Waals surface area contributed by atoms with Gasteiger partial charge in [0, 0.05) is 18.8 Å². The molecule has 0 bridgehead atoms. The molecule has 17 heavy (non-hydrogen) atoms. The molecule has 0 saturated heterocycles. The van der Waals surface area contributed by atoms with Crippen molar-refractivity contribution in [2.45, 2.75) is 19.9 Å². The molecule has 1 rings (SSSR count). The molecule has 92 valence electrons. The number of carbonyl (C=O) groups is 1. The summed E-state index contributed by atoms with van der Waals surface area (Å²) in [5.41, 5.74) is 1.58. The number of esters is 1. The van der Waals surface area contributed by atoms with E-state index in [0.29, 0.717) is 13.2 Å². The molecule has 0 aromatic carbocycles. The summed E-state index contributed by atoms with van der Waals surface area (Å²) in [7, 11) is 1.81. The standard InChI is InChI=1S/C12H17N3O2/c1-5-7-13-11(12(16)17-6-2)10-8-15(4)14-9(10)3/h1,8,11,13H,6-7H2,2-4H3. The van der Waals surface area contributed by atoms with E-state index in [1.807, 2.05) is 6.92 Å². The van der Waals surface area contributed by atoms with Gasteiger partial charge in [-0.3, -0.25) is 10.00 Å². The average Bonchev–Trinajstić information content (AvgIpc) is 2.59. The number of aromatic nitrogens is 2. The lowest BCUT2D eigenvalue weighted by molar-refractivity contribution is -0.145. The second kappa shape index (κ2) is 6.06. The van der Waals surface area contributed by atoms with Crippen molar-refractivity contribution in [2.75, 3.05) is 13.2 Å². The summed E-state index contributed by atoms with van der Waals surface area (Å²) in [6.07, 6.45) is 6.98. The van der Waals surface area contributed by atoms with Gasteiger partial charge in [-0.25, -0.2) is 4.79 Å². The third-order valence-electron chi connectivity index (χ3n) is 2.29. The molecule has 5 heteroatoms. The van der Waals surface area contributed by atoms with E-state index in [9.17, 15) is 4.79 Å². The number of terminal acetylenes is 1. The molecule has 1 N–H and O–H groups in total. The molecule has 1 atom stereocenters. The van der Waals surface area contributed by atoms with E-state index in [4.69, 9.17) is 11.2 Å². The fourth-order valence-electron chi connectivity index (χ4n) is 1.61. The van der Waals surface area contributed by atoms with Crippen LogP contribution in [0.15, 0.2) is 6.20 Å². The zero-order valence-corrected chi connectivity index (χ0v) is 10.4. The zero-order valence-electron chi connectivity index (χ0n) is 10.4. The lowest BCUT2D eigenvalue weighted by Gasteiger charge is -2.15. The van der Waals surface area contributed by atoms with Gasteiger partial charge in [0.2, 0.25) is 0 Å². The summed E-state index contributed by atoms with van der Waals surface area (Å²) >= 11 is 0. The van der Waals surface area contributed by atoms with Crippen molar-refractivity contribution in [3.8, 4) is 12.3 Å². The largest absolute Gasteiger partial charge is 0.465 e. The summed E-state index contributed by atoms with van der Waals surface area (Å²) in [6, 6.07) is -0.556. The number of ether oxygens (including phenoxy) is 1. The van der Waals surface area contributed by atoms with Crippen LogP contribution in [0.4, 0.5) is 0 Å². The fraction of sp³-hybridized carbons (Fsp3) is 0.500. The van der Waals surface area contributed by atoms with Gasteiger partial charge < -0.3 is 4.74 Å². The van der Waals surface area contributed by atoms with Gasteiger partial charge in [0.25, 0.3) is 0 Å². The quantitative estimate of drug-likeness (QED) is 0.598. The van der Waals surface area contributed by atoms with Crippen molar-refractivity contribution in [3.63, 3.8) is 0 Å². The van der Waals surface area contributed by atoms with Crippen LogP contribution in [0.3, 0.4) is 0 Å². The van der Waals surface area contributed by atoms with Gasteiger partial charge in [0.05, 0.1) is 18.8 Å². The van der Waals surface area contributed by atoms with E-state index in [0.717, 1.165) is 11.3 Å². The van der Waals surface area contributed by atoms with Crippen molar-refractivity contribution < 1.29 is 9.53 Å². The maximum absolute atomic E-state index is 11.8. The Bertz CT molecular complexity index is 431. The molecule has 1 heterocycles. The molecule has 0 aliphatic heterocycles. The minimum Gasteiger partial charge on any atom is -0.465 e. The van der Waals surface area contributed by atoms with Crippen LogP contribution in [0, 0.1) is 19.3 Å². The molecule has 1 aromatic heterocycles. The number of carbonyl (C=O) groups excluding carboxylic acids is 1. The summed E-state index contributed by atoms with van der Waals surface area (Å²) < 4.78 is 6.67. The minimum absolute atomic E-state index is 0.303. The Morgan fingerprint density at radius 2 is 2.47 bits per heavy atom. The zero-order chi connectivity index (χ0) is 12.8. The maximum atomic E-state index is 11.8. The Balaban J connectivity index is 2.93. The number of nitrogens with one attached hydrogen (secondary N) is 1. The highest BCUT2D eigenvalue weighted by Gasteiger charge is 2.24. The molecule has 0 aliphatic rings. The molecule has 0 spiro atoms. The molecule has 0 saturated carbocycles. The monoisotopic (exact) mass is 235 g/mol. The number of aryl methyl sites for hydroxylation is 2. The Hall–Kier alpha value is -1.80. The molecule has 0 radical (unpaired) electrons. The van der Waals surface area contributed by atoms with Crippen molar-refractivity contribution in [3.05, 3.63) is 17.5 Å². The first-order valence-corrected chi connectivity index (χ1v) is 5.43. The second-order valence-electron chi connectivity index (χ2n) is 3.61. The number of hydrogen-bond donors (Lipinski definition) is 1. The smallest absolute Gasteiger partial charge is 0.327 e. The van der Waals surface area contributed by atoms with Crippen LogP contribution in [-0.2, 0) is 16.6 Å². The third-order valence-corrected chi connectivity index (χ3v) is 2.29. The number of nitrogens with zero attached hydrogens (tertiary/aromatic N) is 2. The Labute approximate surface area is 101 Å². The van der Waals surface area contributed by atoms with Crippen LogP contribution < -0.4 is 5.32 Å².